The fourth-order valence-electron chi connectivity index (χ4n) is 1.44. The van der Waals surface area contributed by atoms with Crippen LogP contribution in [0.2, 0.25) is 5.02 Å². The lowest BCUT2D eigenvalue weighted by atomic mass is 10.1. The molecule has 76 valence electrons. The molecule has 1 saturated heterocycles. The lowest BCUT2D eigenvalue weighted by Gasteiger charge is -2.09. The van der Waals surface area contributed by atoms with E-state index in [0.29, 0.717) is 12.7 Å². The van der Waals surface area contributed by atoms with Gasteiger partial charge >= 0.3 is 0 Å². The minimum absolute atomic E-state index is 0.368. The van der Waals surface area contributed by atoms with Gasteiger partial charge in [-0.05, 0) is 30.7 Å². The van der Waals surface area contributed by atoms with Crippen LogP contribution in [0, 0.1) is 0 Å². The lowest BCUT2D eigenvalue weighted by Crippen LogP contribution is -1.99. The van der Waals surface area contributed by atoms with Crippen LogP contribution in [-0.4, -0.2) is 19.3 Å². The van der Waals surface area contributed by atoms with Crippen LogP contribution in [0.3, 0.4) is 0 Å². The zero-order chi connectivity index (χ0) is 9.97. The molecular weight excluding hydrogens is 200 g/mol. The summed E-state index contributed by atoms with van der Waals surface area (Å²) in [6.07, 6.45) is 1.27. The van der Waals surface area contributed by atoms with E-state index in [-0.39, 0.29) is 0 Å². The van der Waals surface area contributed by atoms with Crippen molar-refractivity contribution in [1.82, 2.24) is 0 Å². The van der Waals surface area contributed by atoms with Crippen LogP contribution in [0.4, 0.5) is 0 Å². The van der Waals surface area contributed by atoms with Gasteiger partial charge in [0.1, 0.15) is 5.75 Å². The summed E-state index contributed by atoms with van der Waals surface area (Å²) in [7, 11) is 0. The number of ether oxygens (including phenoxy) is 2. The molecule has 3 heteroatoms. The molecular formula is C11H13ClO2. The second kappa shape index (κ2) is 4.20. The second-order valence-corrected chi connectivity index (χ2v) is 3.78. The molecule has 1 unspecified atom stereocenters. The molecule has 0 amide bonds. The van der Waals surface area contributed by atoms with Crippen LogP contribution in [0.1, 0.15) is 12.5 Å². The summed E-state index contributed by atoms with van der Waals surface area (Å²) in [5.74, 6) is 0.924. The summed E-state index contributed by atoms with van der Waals surface area (Å²) in [4.78, 5) is 0. The standard InChI is InChI=1S/C11H13ClO2/c1-2-13-11-4-3-9(12)5-8(11)6-10-7-14-10/h3-5,10H,2,6-7H2,1H3. The van der Waals surface area contributed by atoms with Crippen molar-refractivity contribution in [2.45, 2.75) is 19.4 Å². The molecule has 0 radical (unpaired) electrons. The largest absolute Gasteiger partial charge is 0.494 e. The molecule has 1 aromatic rings. The highest BCUT2D eigenvalue weighted by molar-refractivity contribution is 6.30. The van der Waals surface area contributed by atoms with Crippen LogP contribution in [-0.2, 0) is 11.2 Å². The highest BCUT2D eigenvalue weighted by atomic mass is 35.5. The first-order valence-corrected chi connectivity index (χ1v) is 5.20. The first kappa shape index (κ1) is 9.81. The van der Waals surface area contributed by atoms with Gasteiger partial charge in [0.05, 0.1) is 19.3 Å². The number of benzene rings is 1. The molecule has 1 aliphatic rings. The van der Waals surface area contributed by atoms with Crippen molar-refractivity contribution in [3.8, 4) is 5.75 Å². The van der Waals surface area contributed by atoms with Crippen molar-refractivity contribution in [3.63, 3.8) is 0 Å². The van der Waals surface area contributed by atoms with Gasteiger partial charge in [0, 0.05) is 11.4 Å². The van der Waals surface area contributed by atoms with Crippen molar-refractivity contribution in [1.29, 1.82) is 0 Å². The third-order valence-corrected chi connectivity index (χ3v) is 2.41. The van der Waals surface area contributed by atoms with E-state index in [1.165, 1.54) is 0 Å². The molecule has 0 spiro atoms. The average molecular weight is 213 g/mol. The van der Waals surface area contributed by atoms with E-state index in [0.717, 1.165) is 29.4 Å². The second-order valence-electron chi connectivity index (χ2n) is 3.34. The molecule has 14 heavy (non-hydrogen) atoms. The van der Waals surface area contributed by atoms with Gasteiger partial charge in [0.15, 0.2) is 0 Å². The van der Waals surface area contributed by atoms with Gasteiger partial charge in [0.25, 0.3) is 0 Å². The number of hydrogen-bond donors (Lipinski definition) is 0. The first-order chi connectivity index (χ1) is 6.79. The summed E-state index contributed by atoms with van der Waals surface area (Å²) in [6.45, 7) is 3.52. The smallest absolute Gasteiger partial charge is 0.122 e. The topological polar surface area (TPSA) is 21.8 Å². The van der Waals surface area contributed by atoms with Gasteiger partial charge in [0.2, 0.25) is 0 Å². The van der Waals surface area contributed by atoms with E-state index in [2.05, 4.69) is 0 Å². The summed E-state index contributed by atoms with van der Waals surface area (Å²) in [5, 5.41) is 0.754. The van der Waals surface area contributed by atoms with E-state index < -0.39 is 0 Å². The predicted molar refractivity (Wildman–Crippen MR) is 56.1 cm³/mol. The van der Waals surface area contributed by atoms with E-state index >= 15 is 0 Å². The summed E-state index contributed by atoms with van der Waals surface area (Å²) in [5.41, 5.74) is 1.14. The fourth-order valence-corrected chi connectivity index (χ4v) is 1.63. The number of hydrogen-bond acceptors (Lipinski definition) is 2. The molecule has 0 saturated carbocycles. The van der Waals surface area contributed by atoms with E-state index in [4.69, 9.17) is 21.1 Å². The minimum atomic E-state index is 0.368. The van der Waals surface area contributed by atoms with Crippen molar-refractivity contribution in [2.75, 3.05) is 13.2 Å². The molecule has 0 N–H and O–H groups in total. The Balaban J connectivity index is 2.17. The lowest BCUT2D eigenvalue weighted by molar-refractivity contribution is 0.333. The predicted octanol–water partition coefficient (Wildman–Crippen LogP) is 2.68. The van der Waals surface area contributed by atoms with E-state index in [1.54, 1.807) is 0 Å². The van der Waals surface area contributed by atoms with Crippen molar-refractivity contribution >= 4 is 11.6 Å². The maximum Gasteiger partial charge on any atom is 0.122 e. The minimum Gasteiger partial charge on any atom is -0.494 e. The van der Waals surface area contributed by atoms with Crippen LogP contribution in [0.5, 0.6) is 5.75 Å². The Bertz CT molecular complexity index is 321. The Hall–Kier alpha value is -0.730. The molecule has 0 aromatic heterocycles. The maximum absolute atomic E-state index is 5.92. The molecule has 1 atom stereocenters. The highest BCUT2D eigenvalue weighted by Crippen LogP contribution is 2.27. The Morgan fingerprint density at radius 1 is 1.57 bits per heavy atom. The van der Waals surface area contributed by atoms with Crippen LogP contribution in [0.25, 0.3) is 0 Å². The summed E-state index contributed by atoms with van der Waals surface area (Å²) < 4.78 is 10.7. The van der Waals surface area contributed by atoms with Gasteiger partial charge in [-0.3, -0.25) is 0 Å². The molecule has 2 rings (SSSR count). The quantitative estimate of drug-likeness (QED) is 0.716. The Morgan fingerprint density at radius 3 is 3.00 bits per heavy atom. The SMILES string of the molecule is CCOc1ccc(Cl)cc1CC1CO1. The van der Waals surface area contributed by atoms with Gasteiger partial charge < -0.3 is 9.47 Å². The molecule has 1 fully saturated rings. The number of epoxide rings is 1. The third kappa shape index (κ3) is 2.40. The Labute approximate surface area is 88.8 Å². The third-order valence-electron chi connectivity index (χ3n) is 2.17. The van der Waals surface area contributed by atoms with Crippen LogP contribution in [0.15, 0.2) is 18.2 Å². The molecule has 1 aliphatic heterocycles. The van der Waals surface area contributed by atoms with Crippen LogP contribution >= 0.6 is 11.6 Å². The average Bonchev–Trinajstić information content (AvgIpc) is 2.94. The Morgan fingerprint density at radius 2 is 2.36 bits per heavy atom. The monoisotopic (exact) mass is 212 g/mol. The molecule has 0 aliphatic carbocycles. The molecule has 0 bridgehead atoms. The van der Waals surface area contributed by atoms with Gasteiger partial charge in [-0.25, -0.2) is 0 Å². The molecule has 2 nitrogen and oxygen atoms in total. The Kier molecular flexibility index (Phi) is 2.94. The van der Waals surface area contributed by atoms with Gasteiger partial charge in [-0.2, -0.15) is 0 Å². The zero-order valence-electron chi connectivity index (χ0n) is 8.13. The number of rotatable bonds is 4. The van der Waals surface area contributed by atoms with Gasteiger partial charge in [-0.1, -0.05) is 11.6 Å². The summed E-state index contributed by atoms with van der Waals surface area (Å²) >= 11 is 5.92. The fraction of sp³-hybridized carbons (Fsp3) is 0.455. The molecule has 1 aromatic carbocycles. The van der Waals surface area contributed by atoms with Gasteiger partial charge in [-0.15, -0.1) is 0 Å². The number of halogens is 1. The first-order valence-electron chi connectivity index (χ1n) is 4.82. The maximum atomic E-state index is 5.92. The van der Waals surface area contributed by atoms with Crippen molar-refractivity contribution in [2.24, 2.45) is 0 Å². The van der Waals surface area contributed by atoms with E-state index in [9.17, 15) is 0 Å². The summed E-state index contributed by atoms with van der Waals surface area (Å²) in [6, 6.07) is 5.72. The normalized spacial score (nSPS) is 19.4. The van der Waals surface area contributed by atoms with Crippen molar-refractivity contribution in [3.05, 3.63) is 28.8 Å². The highest BCUT2D eigenvalue weighted by Gasteiger charge is 2.24. The molecule has 1 heterocycles. The van der Waals surface area contributed by atoms with Crippen molar-refractivity contribution < 1.29 is 9.47 Å². The van der Waals surface area contributed by atoms with E-state index in [1.807, 2.05) is 25.1 Å². The van der Waals surface area contributed by atoms with Crippen LogP contribution < -0.4 is 4.74 Å². The zero-order valence-corrected chi connectivity index (χ0v) is 8.88.